The molecule has 4 rings (SSSR count). The number of H-pyrrole nitrogens is 1. The van der Waals surface area contributed by atoms with Crippen LogP contribution in [0.5, 0.6) is 0 Å². The number of methoxy groups -OCH3 is 1. The summed E-state index contributed by atoms with van der Waals surface area (Å²) in [4.78, 5) is 15.0. The number of hydrogen-bond donors (Lipinski definition) is 1. The summed E-state index contributed by atoms with van der Waals surface area (Å²) in [6.45, 7) is 3.60. The van der Waals surface area contributed by atoms with E-state index in [1.165, 1.54) is 24.3 Å². The highest BCUT2D eigenvalue weighted by molar-refractivity contribution is 7.92. The Morgan fingerprint density at radius 3 is 1.92 bits per heavy atom. The van der Waals surface area contributed by atoms with Crippen molar-refractivity contribution in [3.63, 3.8) is 0 Å². The molecule has 1 atom stereocenters. The van der Waals surface area contributed by atoms with Gasteiger partial charge in [0, 0.05) is 11.3 Å². The zero-order chi connectivity index (χ0) is 27.0. The number of aromatic nitrogens is 1. The first-order valence-corrected chi connectivity index (χ1v) is 12.8. The van der Waals surface area contributed by atoms with Crippen LogP contribution < -0.4 is 0 Å². The molecule has 1 aromatic heterocycles. The van der Waals surface area contributed by atoms with Gasteiger partial charge in [-0.25, -0.2) is 13.2 Å². The SMILES string of the molecule is COC(=O)c1c(C(F)(F)F)[nH]c(C(c2ccccc2)S(=O)(=O)c2ccc(C)cc2)c1-c1ccc(C)cc1. The number of nitrogens with one attached hydrogen (secondary N) is 1. The molecule has 0 aliphatic carbocycles. The van der Waals surface area contributed by atoms with Gasteiger partial charge in [-0.3, -0.25) is 0 Å². The van der Waals surface area contributed by atoms with E-state index in [1.54, 1.807) is 68.4 Å². The average molecular weight is 528 g/mol. The summed E-state index contributed by atoms with van der Waals surface area (Å²) in [7, 11) is -3.32. The Morgan fingerprint density at radius 2 is 1.41 bits per heavy atom. The number of carbonyl (C=O) groups is 1. The zero-order valence-corrected chi connectivity index (χ0v) is 21.1. The van der Waals surface area contributed by atoms with E-state index >= 15 is 0 Å². The lowest BCUT2D eigenvalue weighted by atomic mass is 9.96. The van der Waals surface area contributed by atoms with Gasteiger partial charge in [0.1, 0.15) is 10.9 Å². The number of rotatable bonds is 6. The Kier molecular flexibility index (Phi) is 7.01. The van der Waals surface area contributed by atoms with Crippen LogP contribution in [0.15, 0.2) is 83.8 Å². The van der Waals surface area contributed by atoms with Crippen molar-refractivity contribution in [1.82, 2.24) is 4.98 Å². The molecule has 37 heavy (non-hydrogen) atoms. The van der Waals surface area contributed by atoms with Gasteiger partial charge in [-0.05, 0) is 37.1 Å². The summed E-state index contributed by atoms with van der Waals surface area (Å²) in [5.74, 6) is -1.23. The molecule has 1 N–H and O–H groups in total. The number of alkyl halides is 3. The fraction of sp³-hybridized carbons (Fsp3) is 0.179. The van der Waals surface area contributed by atoms with Gasteiger partial charge in [-0.2, -0.15) is 13.2 Å². The van der Waals surface area contributed by atoms with Gasteiger partial charge >= 0.3 is 12.1 Å². The van der Waals surface area contributed by atoms with Crippen molar-refractivity contribution in [1.29, 1.82) is 0 Å². The number of hydrogen-bond acceptors (Lipinski definition) is 4. The standard InChI is InChI=1S/C28H24F3NO4S/c1-17-9-13-19(14-10-17)22-23(27(33)36-3)26(28(29,30)31)32-24(22)25(20-7-5-4-6-8-20)37(34,35)21-15-11-18(2)12-16-21/h4-16,25,32H,1-3H3. The monoisotopic (exact) mass is 527 g/mol. The van der Waals surface area contributed by atoms with Crippen LogP contribution in [0, 0.1) is 13.8 Å². The smallest absolute Gasteiger partial charge is 0.432 e. The Balaban J connectivity index is 2.14. The topological polar surface area (TPSA) is 76.2 Å². The van der Waals surface area contributed by atoms with Crippen molar-refractivity contribution < 1.29 is 31.1 Å². The van der Waals surface area contributed by atoms with Crippen molar-refractivity contribution in [2.45, 2.75) is 30.2 Å². The molecule has 4 aromatic rings. The van der Waals surface area contributed by atoms with Crippen LogP contribution in [0.3, 0.4) is 0 Å². The van der Waals surface area contributed by atoms with E-state index in [-0.39, 0.29) is 27.3 Å². The summed E-state index contributed by atoms with van der Waals surface area (Å²) in [6, 6.07) is 20.5. The quantitative estimate of drug-likeness (QED) is 0.284. The lowest BCUT2D eigenvalue weighted by molar-refractivity contribution is -0.141. The maximum absolute atomic E-state index is 14.3. The second kappa shape index (κ2) is 9.89. The largest absolute Gasteiger partial charge is 0.465 e. The molecule has 0 aliphatic heterocycles. The second-order valence-corrected chi connectivity index (χ2v) is 10.7. The maximum atomic E-state index is 14.3. The Labute approximate surface area is 212 Å². The van der Waals surface area contributed by atoms with Gasteiger partial charge in [-0.15, -0.1) is 0 Å². The number of esters is 1. The summed E-state index contributed by atoms with van der Waals surface area (Å²) in [5.41, 5.74) is -0.451. The van der Waals surface area contributed by atoms with Crippen LogP contribution in [-0.2, 0) is 20.8 Å². The molecule has 1 heterocycles. The van der Waals surface area contributed by atoms with Gasteiger partial charge in [0.2, 0.25) is 0 Å². The number of benzene rings is 3. The Morgan fingerprint density at radius 1 is 0.865 bits per heavy atom. The number of ether oxygens (including phenoxy) is 1. The maximum Gasteiger partial charge on any atom is 0.432 e. The highest BCUT2D eigenvalue weighted by Gasteiger charge is 2.44. The van der Waals surface area contributed by atoms with E-state index in [0.717, 1.165) is 18.2 Å². The first-order chi connectivity index (χ1) is 17.4. The molecule has 0 fully saturated rings. The van der Waals surface area contributed by atoms with Gasteiger partial charge in [0.05, 0.1) is 17.6 Å². The summed E-state index contributed by atoms with van der Waals surface area (Å²) in [5, 5.41) is -1.58. The number of carbonyl (C=O) groups excluding carboxylic acids is 1. The van der Waals surface area contributed by atoms with E-state index in [4.69, 9.17) is 4.74 Å². The third-order valence-electron chi connectivity index (χ3n) is 6.07. The minimum absolute atomic E-state index is 0.0652. The molecule has 0 saturated carbocycles. The van der Waals surface area contributed by atoms with Crippen molar-refractivity contribution >= 4 is 15.8 Å². The first kappa shape index (κ1) is 26.2. The van der Waals surface area contributed by atoms with Gasteiger partial charge < -0.3 is 9.72 Å². The summed E-state index contributed by atoms with van der Waals surface area (Å²) in [6.07, 6.45) is -4.99. The fourth-order valence-corrected chi connectivity index (χ4v) is 6.04. The van der Waals surface area contributed by atoms with Crippen molar-refractivity contribution in [3.8, 4) is 11.1 Å². The van der Waals surface area contributed by atoms with Crippen molar-refractivity contribution in [3.05, 3.63) is 113 Å². The minimum atomic E-state index is -4.99. The van der Waals surface area contributed by atoms with Crippen LogP contribution in [0.2, 0.25) is 0 Å². The van der Waals surface area contributed by atoms with E-state index in [9.17, 15) is 26.4 Å². The first-order valence-electron chi connectivity index (χ1n) is 11.3. The molecule has 0 radical (unpaired) electrons. The molecule has 0 bridgehead atoms. The molecule has 5 nitrogen and oxygen atoms in total. The van der Waals surface area contributed by atoms with Crippen LogP contribution >= 0.6 is 0 Å². The zero-order valence-electron chi connectivity index (χ0n) is 20.3. The van der Waals surface area contributed by atoms with Crippen molar-refractivity contribution in [2.24, 2.45) is 0 Å². The third-order valence-corrected chi connectivity index (χ3v) is 8.12. The number of aryl methyl sites for hydroxylation is 2. The lowest BCUT2D eigenvalue weighted by Gasteiger charge is -2.20. The summed E-state index contributed by atoms with van der Waals surface area (Å²) >= 11 is 0. The van der Waals surface area contributed by atoms with Crippen LogP contribution in [0.1, 0.15) is 43.7 Å². The minimum Gasteiger partial charge on any atom is -0.465 e. The van der Waals surface area contributed by atoms with Crippen LogP contribution in [0.25, 0.3) is 11.1 Å². The van der Waals surface area contributed by atoms with Gasteiger partial charge in [0.25, 0.3) is 0 Å². The molecule has 0 amide bonds. The third kappa shape index (κ3) is 5.04. The average Bonchev–Trinajstić information content (AvgIpc) is 3.25. The van der Waals surface area contributed by atoms with Gasteiger partial charge in [-0.1, -0.05) is 77.9 Å². The predicted octanol–water partition coefficient (Wildman–Crippen LogP) is 6.67. The summed E-state index contributed by atoms with van der Waals surface area (Å²) < 4.78 is 75.7. The number of halogens is 3. The normalized spacial score (nSPS) is 12.8. The highest BCUT2D eigenvalue weighted by Crippen LogP contribution is 2.45. The van der Waals surface area contributed by atoms with E-state index in [2.05, 4.69) is 4.98 Å². The fourth-order valence-electron chi connectivity index (χ4n) is 4.25. The number of aromatic amines is 1. The molecule has 3 aromatic carbocycles. The van der Waals surface area contributed by atoms with Crippen LogP contribution in [-0.4, -0.2) is 26.5 Å². The van der Waals surface area contributed by atoms with Crippen molar-refractivity contribution in [2.75, 3.05) is 7.11 Å². The Hall–Kier alpha value is -3.85. The molecular formula is C28H24F3NO4S. The second-order valence-electron chi connectivity index (χ2n) is 8.67. The van der Waals surface area contributed by atoms with E-state index in [1.807, 2.05) is 0 Å². The number of sulfone groups is 1. The predicted molar refractivity (Wildman–Crippen MR) is 134 cm³/mol. The highest BCUT2D eigenvalue weighted by atomic mass is 32.2. The Bertz CT molecular complexity index is 1520. The van der Waals surface area contributed by atoms with E-state index < -0.39 is 38.5 Å². The molecule has 0 aliphatic rings. The van der Waals surface area contributed by atoms with E-state index in [0.29, 0.717) is 0 Å². The molecule has 192 valence electrons. The molecular weight excluding hydrogens is 503 g/mol. The molecule has 0 spiro atoms. The molecule has 0 saturated heterocycles. The molecule has 9 heteroatoms. The van der Waals surface area contributed by atoms with Gasteiger partial charge in [0.15, 0.2) is 9.84 Å². The van der Waals surface area contributed by atoms with Crippen LogP contribution in [0.4, 0.5) is 13.2 Å². The lowest BCUT2D eigenvalue weighted by Crippen LogP contribution is -2.17. The molecule has 1 unspecified atom stereocenters.